The number of hydrogen-bond acceptors (Lipinski definition) is 3. The molecule has 0 spiro atoms. The minimum Gasteiger partial charge on any atom is -0.369 e. The Kier molecular flexibility index (Phi) is 5.80. The highest BCUT2D eigenvalue weighted by atomic mass is 19.1. The molecule has 1 fully saturated rings. The van der Waals surface area contributed by atoms with Crippen LogP contribution in [-0.2, 0) is 0 Å². The van der Waals surface area contributed by atoms with E-state index in [0.717, 1.165) is 45.0 Å². The van der Waals surface area contributed by atoms with E-state index in [4.69, 9.17) is 0 Å². The molecule has 0 amide bonds. The Hall–Kier alpha value is -1.13. The summed E-state index contributed by atoms with van der Waals surface area (Å²) in [4.78, 5) is 4.86. The predicted octanol–water partition coefficient (Wildman–Crippen LogP) is 2.34. The van der Waals surface area contributed by atoms with E-state index in [-0.39, 0.29) is 5.82 Å². The molecule has 1 atom stereocenters. The third-order valence-corrected chi connectivity index (χ3v) is 3.99. The van der Waals surface area contributed by atoms with E-state index in [0.29, 0.717) is 6.04 Å². The van der Waals surface area contributed by atoms with Gasteiger partial charge in [0.25, 0.3) is 0 Å². The Balaban J connectivity index is 1.73. The van der Waals surface area contributed by atoms with E-state index < -0.39 is 0 Å². The topological polar surface area (TPSA) is 18.5 Å². The summed E-state index contributed by atoms with van der Waals surface area (Å²) in [5.41, 5.74) is 1.13. The smallest absolute Gasteiger partial charge is 0.123 e. The first-order chi connectivity index (χ1) is 9.69. The van der Waals surface area contributed by atoms with Gasteiger partial charge >= 0.3 is 0 Å². The Morgan fingerprint density at radius 1 is 1.15 bits per heavy atom. The molecule has 112 valence electrons. The fraction of sp³-hybridized carbons (Fsp3) is 0.625. The summed E-state index contributed by atoms with van der Waals surface area (Å²) in [6.07, 6.45) is 1.20. The maximum atomic E-state index is 12.9. The van der Waals surface area contributed by atoms with E-state index >= 15 is 0 Å². The number of halogens is 1. The zero-order chi connectivity index (χ0) is 14.4. The Morgan fingerprint density at radius 2 is 1.80 bits per heavy atom. The molecule has 4 heteroatoms. The van der Waals surface area contributed by atoms with E-state index in [9.17, 15) is 4.39 Å². The lowest BCUT2D eigenvalue weighted by Crippen LogP contribution is -2.47. The minimum atomic E-state index is -0.162. The van der Waals surface area contributed by atoms with Gasteiger partial charge in [0.05, 0.1) is 0 Å². The van der Waals surface area contributed by atoms with Gasteiger partial charge in [-0.1, -0.05) is 6.92 Å². The second kappa shape index (κ2) is 7.60. The Labute approximate surface area is 121 Å². The molecule has 1 aromatic rings. The van der Waals surface area contributed by atoms with Crippen molar-refractivity contribution in [2.75, 3.05) is 44.2 Å². The van der Waals surface area contributed by atoms with Crippen LogP contribution >= 0.6 is 0 Å². The zero-order valence-corrected chi connectivity index (χ0v) is 12.6. The number of hydrogen-bond donors (Lipinski definition) is 1. The normalized spacial score (nSPS) is 18.2. The third kappa shape index (κ3) is 4.46. The summed E-state index contributed by atoms with van der Waals surface area (Å²) >= 11 is 0. The van der Waals surface area contributed by atoms with Crippen molar-refractivity contribution in [1.29, 1.82) is 0 Å². The van der Waals surface area contributed by atoms with Gasteiger partial charge in [-0.2, -0.15) is 0 Å². The molecule has 0 aromatic heterocycles. The molecular formula is C16H26FN3. The van der Waals surface area contributed by atoms with Crippen molar-refractivity contribution in [3.8, 4) is 0 Å². The van der Waals surface area contributed by atoms with Crippen molar-refractivity contribution in [2.45, 2.75) is 26.3 Å². The number of anilines is 1. The van der Waals surface area contributed by atoms with Crippen molar-refractivity contribution in [2.24, 2.45) is 0 Å². The average Bonchev–Trinajstić information content (AvgIpc) is 2.47. The first-order valence-corrected chi connectivity index (χ1v) is 7.65. The number of piperazine rings is 1. The molecule has 1 heterocycles. The van der Waals surface area contributed by atoms with Gasteiger partial charge in [0.15, 0.2) is 0 Å². The second-order valence-electron chi connectivity index (χ2n) is 5.55. The van der Waals surface area contributed by atoms with Gasteiger partial charge in [-0.05, 0) is 50.7 Å². The number of nitrogens with one attached hydrogen (secondary N) is 1. The lowest BCUT2D eigenvalue weighted by Gasteiger charge is -2.36. The molecule has 1 N–H and O–H groups in total. The Bertz CT molecular complexity index is 385. The molecule has 3 nitrogen and oxygen atoms in total. The van der Waals surface area contributed by atoms with E-state index in [1.807, 2.05) is 12.1 Å². The molecule has 2 rings (SSSR count). The fourth-order valence-corrected chi connectivity index (χ4v) is 2.71. The summed E-state index contributed by atoms with van der Waals surface area (Å²) in [5, 5.41) is 3.45. The quantitative estimate of drug-likeness (QED) is 0.862. The lowest BCUT2D eigenvalue weighted by atomic mass is 10.2. The molecule has 1 aliphatic rings. The average molecular weight is 279 g/mol. The van der Waals surface area contributed by atoms with Crippen molar-refractivity contribution in [3.05, 3.63) is 30.1 Å². The van der Waals surface area contributed by atoms with Crippen LogP contribution in [0.3, 0.4) is 0 Å². The molecular weight excluding hydrogens is 253 g/mol. The van der Waals surface area contributed by atoms with Gasteiger partial charge in [-0.3, -0.25) is 4.90 Å². The van der Waals surface area contributed by atoms with Gasteiger partial charge in [0.2, 0.25) is 0 Å². The van der Waals surface area contributed by atoms with Crippen LogP contribution in [0.15, 0.2) is 24.3 Å². The fourth-order valence-electron chi connectivity index (χ4n) is 2.71. The van der Waals surface area contributed by atoms with Crippen molar-refractivity contribution < 1.29 is 4.39 Å². The third-order valence-electron chi connectivity index (χ3n) is 3.99. The van der Waals surface area contributed by atoms with Gasteiger partial charge in [-0.15, -0.1) is 0 Å². The minimum absolute atomic E-state index is 0.162. The largest absolute Gasteiger partial charge is 0.369 e. The predicted molar refractivity (Wildman–Crippen MR) is 82.8 cm³/mol. The highest BCUT2D eigenvalue weighted by molar-refractivity contribution is 5.46. The summed E-state index contributed by atoms with van der Waals surface area (Å²) in [5.74, 6) is -0.162. The summed E-state index contributed by atoms with van der Waals surface area (Å²) in [6, 6.07) is 7.42. The van der Waals surface area contributed by atoms with Gasteiger partial charge in [0.1, 0.15) is 5.82 Å². The second-order valence-corrected chi connectivity index (χ2v) is 5.55. The standard InChI is InChI=1S/C16H26FN3/c1-3-18-14(2)8-9-19-10-12-20(13-11-19)16-6-4-15(17)5-7-16/h4-7,14,18H,3,8-13H2,1-2H3. The first-order valence-electron chi connectivity index (χ1n) is 7.65. The van der Waals surface area contributed by atoms with Crippen molar-refractivity contribution in [1.82, 2.24) is 10.2 Å². The monoisotopic (exact) mass is 279 g/mol. The molecule has 1 aromatic carbocycles. The number of nitrogens with zero attached hydrogens (tertiary/aromatic N) is 2. The molecule has 0 aliphatic carbocycles. The molecule has 1 saturated heterocycles. The maximum Gasteiger partial charge on any atom is 0.123 e. The summed E-state index contributed by atoms with van der Waals surface area (Å²) in [7, 11) is 0. The number of rotatable bonds is 6. The summed E-state index contributed by atoms with van der Waals surface area (Å²) in [6.45, 7) is 10.8. The lowest BCUT2D eigenvalue weighted by molar-refractivity contribution is 0.245. The van der Waals surface area contributed by atoms with Crippen LogP contribution in [0.2, 0.25) is 0 Å². The highest BCUT2D eigenvalue weighted by Gasteiger charge is 2.17. The van der Waals surface area contributed by atoms with E-state index in [2.05, 4.69) is 29.0 Å². The molecule has 1 aliphatic heterocycles. The van der Waals surface area contributed by atoms with Crippen LogP contribution in [0.4, 0.5) is 10.1 Å². The van der Waals surface area contributed by atoms with Crippen LogP contribution in [0, 0.1) is 5.82 Å². The zero-order valence-electron chi connectivity index (χ0n) is 12.6. The first kappa shape index (κ1) is 15.3. The van der Waals surface area contributed by atoms with E-state index in [1.165, 1.54) is 6.42 Å². The SMILES string of the molecule is CCNC(C)CCN1CCN(c2ccc(F)cc2)CC1. The Morgan fingerprint density at radius 3 is 2.40 bits per heavy atom. The highest BCUT2D eigenvalue weighted by Crippen LogP contribution is 2.17. The van der Waals surface area contributed by atoms with E-state index in [1.54, 1.807) is 12.1 Å². The summed E-state index contributed by atoms with van der Waals surface area (Å²) < 4.78 is 12.9. The molecule has 1 unspecified atom stereocenters. The number of benzene rings is 1. The van der Waals surface area contributed by atoms with Gasteiger partial charge in [-0.25, -0.2) is 4.39 Å². The molecule has 20 heavy (non-hydrogen) atoms. The maximum absolute atomic E-state index is 12.9. The van der Waals surface area contributed by atoms with Crippen molar-refractivity contribution >= 4 is 5.69 Å². The van der Waals surface area contributed by atoms with Crippen LogP contribution in [0.1, 0.15) is 20.3 Å². The van der Waals surface area contributed by atoms with Gasteiger partial charge in [0, 0.05) is 37.9 Å². The molecule has 0 radical (unpaired) electrons. The van der Waals surface area contributed by atoms with Gasteiger partial charge < -0.3 is 10.2 Å². The van der Waals surface area contributed by atoms with Crippen LogP contribution in [0.25, 0.3) is 0 Å². The molecule has 0 saturated carbocycles. The van der Waals surface area contributed by atoms with Crippen LogP contribution in [-0.4, -0.2) is 50.2 Å². The van der Waals surface area contributed by atoms with Crippen molar-refractivity contribution in [3.63, 3.8) is 0 Å². The molecule has 0 bridgehead atoms. The van der Waals surface area contributed by atoms with Crippen LogP contribution in [0.5, 0.6) is 0 Å². The van der Waals surface area contributed by atoms with Crippen LogP contribution < -0.4 is 10.2 Å².